The van der Waals surface area contributed by atoms with Gasteiger partial charge in [0.25, 0.3) is 0 Å². The van der Waals surface area contributed by atoms with Crippen LogP contribution in [0.2, 0.25) is 0 Å². The first-order chi connectivity index (χ1) is 9.33. The van der Waals surface area contributed by atoms with E-state index in [2.05, 4.69) is 11.1 Å². The quantitative estimate of drug-likeness (QED) is 0.687. The number of hydrogen-bond acceptors (Lipinski definition) is 3. The summed E-state index contributed by atoms with van der Waals surface area (Å²) in [4.78, 5) is 4.46. The van der Waals surface area contributed by atoms with Crippen LogP contribution in [0, 0.1) is 11.3 Å². The number of alkyl halides is 1. The van der Waals surface area contributed by atoms with Gasteiger partial charge >= 0.3 is 0 Å². The van der Waals surface area contributed by atoms with Gasteiger partial charge < -0.3 is 8.98 Å². The Bertz CT molecular complexity index is 753. The minimum absolute atomic E-state index is 0.303. The molecule has 0 saturated heterocycles. The van der Waals surface area contributed by atoms with E-state index in [0.717, 1.165) is 16.9 Å². The lowest BCUT2D eigenvalue weighted by molar-refractivity contribution is 0.562. The first kappa shape index (κ1) is 11.8. The molecule has 0 fully saturated rings. The Labute approximate surface area is 114 Å². The first-order valence-corrected chi connectivity index (χ1v) is 6.32. The number of rotatable bonds is 3. The summed E-state index contributed by atoms with van der Waals surface area (Å²) in [5.41, 5.74) is 3.21. The molecule has 1 aromatic carbocycles. The van der Waals surface area contributed by atoms with Gasteiger partial charge in [0, 0.05) is 5.56 Å². The third-order valence-corrected chi connectivity index (χ3v) is 3.26. The molecule has 3 aromatic rings. The number of hydrogen-bond donors (Lipinski definition) is 0. The van der Waals surface area contributed by atoms with Crippen molar-refractivity contribution < 1.29 is 4.42 Å². The van der Waals surface area contributed by atoms with Crippen LogP contribution in [0.3, 0.4) is 0 Å². The summed E-state index contributed by atoms with van der Waals surface area (Å²) < 4.78 is 7.08. The van der Waals surface area contributed by atoms with Gasteiger partial charge in [0.2, 0.25) is 0 Å². The second-order valence-electron chi connectivity index (χ2n) is 4.16. The maximum absolute atomic E-state index is 9.12. The summed E-state index contributed by atoms with van der Waals surface area (Å²) in [6.45, 7) is 0.629. The van der Waals surface area contributed by atoms with E-state index in [1.54, 1.807) is 18.6 Å². The molecule has 0 aliphatic heterocycles. The summed E-state index contributed by atoms with van der Waals surface area (Å²) in [6, 6.07) is 9.61. The molecule has 94 valence electrons. The van der Waals surface area contributed by atoms with Crippen LogP contribution in [0.1, 0.15) is 17.0 Å². The highest BCUT2D eigenvalue weighted by molar-refractivity contribution is 6.16. The van der Waals surface area contributed by atoms with Gasteiger partial charge in [-0.1, -0.05) is 6.07 Å². The Hall–Kier alpha value is -2.25. The van der Waals surface area contributed by atoms with Crippen LogP contribution in [0.4, 0.5) is 0 Å². The van der Waals surface area contributed by atoms with Crippen molar-refractivity contribution in [2.75, 3.05) is 0 Å². The van der Waals surface area contributed by atoms with E-state index in [-0.39, 0.29) is 0 Å². The molecular weight excluding hydrogens is 262 g/mol. The number of benzene rings is 1. The minimum atomic E-state index is 0.303. The highest BCUT2D eigenvalue weighted by atomic mass is 35.5. The predicted octanol–water partition coefficient (Wildman–Crippen LogP) is 3.29. The van der Waals surface area contributed by atoms with Gasteiger partial charge in [-0.25, -0.2) is 4.98 Å². The van der Waals surface area contributed by atoms with Gasteiger partial charge in [0.15, 0.2) is 0 Å². The largest absolute Gasteiger partial charge is 0.472 e. The molecular formula is C14H10ClN3O. The van der Waals surface area contributed by atoms with Gasteiger partial charge in [0.1, 0.15) is 17.4 Å². The van der Waals surface area contributed by atoms with Crippen molar-refractivity contribution in [3.8, 4) is 6.07 Å². The van der Waals surface area contributed by atoms with Gasteiger partial charge in [-0.15, -0.1) is 11.6 Å². The highest BCUT2D eigenvalue weighted by Crippen LogP contribution is 2.22. The molecule has 4 nitrogen and oxygen atoms in total. The Morgan fingerprint density at radius 2 is 2.26 bits per heavy atom. The van der Waals surface area contributed by atoms with E-state index in [1.807, 2.05) is 22.8 Å². The molecule has 0 N–H and O–H groups in total. The molecule has 0 atom stereocenters. The molecule has 2 heterocycles. The normalized spacial score (nSPS) is 10.7. The van der Waals surface area contributed by atoms with E-state index in [0.29, 0.717) is 23.5 Å². The lowest BCUT2D eigenvalue weighted by Crippen LogP contribution is -2.02. The van der Waals surface area contributed by atoms with Crippen molar-refractivity contribution >= 4 is 22.6 Å². The number of halogens is 1. The fraction of sp³-hybridized carbons (Fsp3) is 0.143. The Morgan fingerprint density at radius 3 is 2.95 bits per heavy atom. The number of nitriles is 1. The van der Waals surface area contributed by atoms with E-state index < -0.39 is 0 Å². The van der Waals surface area contributed by atoms with Crippen LogP contribution >= 0.6 is 11.6 Å². The van der Waals surface area contributed by atoms with E-state index >= 15 is 0 Å². The number of imidazole rings is 1. The molecule has 0 spiro atoms. The summed E-state index contributed by atoms with van der Waals surface area (Å²) in [6.07, 6.45) is 3.33. The number of para-hydroxylation sites is 1. The van der Waals surface area contributed by atoms with Crippen molar-refractivity contribution in [3.63, 3.8) is 0 Å². The summed E-state index contributed by atoms with van der Waals surface area (Å²) >= 11 is 5.95. The molecule has 0 aliphatic carbocycles. The third kappa shape index (κ3) is 1.98. The van der Waals surface area contributed by atoms with E-state index in [4.69, 9.17) is 21.3 Å². The van der Waals surface area contributed by atoms with Crippen LogP contribution in [-0.4, -0.2) is 9.55 Å². The number of fused-ring (bicyclic) bond motifs is 1. The molecule has 0 amide bonds. The number of nitrogens with zero attached hydrogens (tertiary/aromatic N) is 3. The lowest BCUT2D eigenvalue weighted by Gasteiger charge is -2.05. The molecule has 0 bridgehead atoms. The molecule has 2 aromatic heterocycles. The minimum Gasteiger partial charge on any atom is -0.472 e. The fourth-order valence-corrected chi connectivity index (χ4v) is 2.33. The zero-order chi connectivity index (χ0) is 13.2. The predicted molar refractivity (Wildman–Crippen MR) is 71.8 cm³/mol. The standard InChI is InChI=1S/C14H10ClN3O/c15-6-13-17-14-11(7-16)2-1-3-12(14)18(13)8-10-4-5-19-9-10/h1-5,9H,6,8H2. The Kier molecular flexibility index (Phi) is 2.98. The topological polar surface area (TPSA) is 54.8 Å². The summed E-state index contributed by atoms with van der Waals surface area (Å²) in [5.74, 6) is 1.05. The lowest BCUT2D eigenvalue weighted by atomic mass is 10.2. The Morgan fingerprint density at radius 1 is 1.37 bits per heavy atom. The molecule has 5 heteroatoms. The van der Waals surface area contributed by atoms with Gasteiger partial charge in [0.05, 0.1) is 36.0 Å². The van der Waals surface area contributed by atoms with Crippen LogP contribution in [0.5, 0.6) is 0 Å². The second kappa shape index (κ2) is 4.79. The third-order valence-electron chi connectivity index (χ3n) is 3.02. The zero-order valence-electron chi connectivity index (χ0n) is 10.0. The molecule has 0 radical (unpaired) electrons. The molecule has 0 unspecified atom stereocenters. The SMILES string of the molecule is N#Cc1cccc2c1nc(CCl)n2Cc1ccoc1. The van der Waals surface area contributed by atoms with Crippen molar-refractivity contribution in [1.29, 1.82) is 5.26 Å². The summed E-state index contributed by atoms with van der Waals surface area (Å²) in [5, 5.41) is 9.12. The van der Waals surface area contributed by atoms with Gasteiger partial charge in [-0.2, -0.15) is 5.26 Å². The maximum atomic E-state index is 9.12. The maximum Gasteiger partial charge on any atom is 0.125 e. The van der Waals surface area contributed by atoms with Crippen molar-refractivity contribution in [3.05, 3.63) is 53.7 Å². The van der Waals surface area contributed by atoms with Crippen LogP contribution < -0.4 is 0 Å². The number of furan rings is 1. The van der Waals surface area contributed by atoms with Crippen molar-refractivity contribution in [1.82, 2.24) is 9.55 Å². The van der Waals surface area contributed by atoms with Gasteiger partial charge in [-0.3, -0.25) is 0 Å². The average Bonchev–Trinajstić information content (AvgIpc) is 3.07. The molecule has 0 saturated carbocycles. The smallest absolute Gasteiger partial charge is 0.125 e. The zero-order valence-corrected chi connectivity index (χ0v) is 10.8. The van der Waals surface area contributed by atoms with Crippen molar-refractivity contribution in [2.24, 2.45) is 0 Å². The van der Waals surface area contributed by atoms with Crippen LogP contribution in [-0.2, 0) is 12.4 Å². The fourth-order valence-electron chi connectivity index (χ4n) is 2.13. The highest BCUT2D eigenvalue weighted by Gasteiger charge is 2.13. The van der Waals surface area contributed by atoms with Gasteiger partial charge in [-0.05, 0) is 18.2 Å². The average molecular weight is 272 g/mol. The molecule has 3 rings (SSSR count). The van der Waals surface area contributed by atoms with E-state index in [9.17, 15) is 0 Å². The van der Waals surface area contributed by atoms with Crippen LogP contribution in [0.25, 0.3) is 11.0 Å². The Balaban J connectivity index is 2.19. The molecule has 19 heavy (non-hydrogen) atoms. The second-order valence-corrected chi connectivity index (χ2v) is 4.43. The summed E-state index contributed by atoms with van der Waals surface area (Å²) in [7, 11) is 0. The van der Waals surface area contributed by atoms with Crippen molar-refractivity contribution in [2.45, 2.75) is 12.4 Å². The van der Waals surface area contributed by atoms with E-state index in [1.165, 1.54) is 0 Å². The first-order valence-electron chi connectivity index (χ1n) is 5.78. The number of aromatic nitrogens is 2. The monoisotopic (exact) mass is 271 g/mol. The molecule has 0 aliphatic rings. The van der Waals surface area contributed by atoms with Crippen LogP contribution in [0.15, 0.2) is 41.2 Å².